The first-order chi connectivity index (χ1) is 10.1. The summed E-state index contributed by atoms with van der Waals surface area (Å²) >= 11 is 0. The Kier molecular flexibility index (Phi) is 6.93. The lowest BCUT2D eigenvalue weighted by Crippen LogP contribution is -2.09. The lowest BCUT2D eigenvalue weighted by Gasteiger charge is -2.07. The molecule has 0 spiro atoms. The van der Waals surface area contributed by atoms with Crippen molar-refractivity contribution >= 4 is 17.2 Å². The number of hydrogen-bond donors (Lipinski definition) is 0. The third-order valence-corrected chi connectivity index (χ3v) is 2.77. The van der Waals surface area contributed by atoms with Crippen LogP contribution in [0.3, 0.4) is 0 Å². The molecule has 0 unspecified atom stereocenters. The molecule has 1 aromatic carbocycles. The van der Waals surface area contributed by atoms with Crippen LogP contribution in [0.25, 0.3) is 5.70 Å². The summed E-state index contributed by atoms with van der Waals surface area (Å²) in [5, 5.41) is 0. The third-order valence-electron chi connectivity index (χ3n) is 2.77. The van der Waals surface area contributed by atoms with E-state index in [1.54, 1.807) is 0 Å². The largest absolute Gasteiger partial charge is 0.486 e. The summed E-state index contributed by atoms with van der Waals surface area (Å²) in [5.41, 5.74) is 5.21. The minimum absolute atomic E-state index is 0.0711. The second kappa shape index (κ2) is 8.72. The highest BCUT2D eigenvalue weighted by atomic mass is 16.5. The van der Waals surface area contributed by atoms with Crippen LogP contribution in [0.2, 0.25) is 0 Å². The summed E-state index contributed by atoms with van der Waals surface area (Å²) in [7, 11) is 0. The molecule has 3 nitrogen and oxygen atoms in total. The van der Waals surface area contributed by atoms with E-state index in [2.05, 4.69) is 17.3 Å². The standard InChI is InChI=1S/C18H21NO2/c1-5-9-14(4)19-18(7-3)15-10-8-11-17(12-15)21-13-16(20)6-2/h5,8-12H,3,6,13H2,1-2,4H3/b9-5-,19-14?. The van der Waals surface area contributed by atoms with E-state index in [-0.39, 0.29) is 12.4 Å². The number of aliphatic imine (C=N–C) groups is 1. The van der Waals surface area contributed by atoms with Crippen molar-refractivity contribution in [2.24, 2.45) is 4.99 Å². The van der Waals surface area contributed by atoms with E-state index in [0.717, 1.165) is 11.3 Å². The fourth-order valence-electron chi connectivity index (χ4n) is 1.66. The van der Waals surface area contributed by atoms with Gasteiger partial charge in [-0.25, -0.2) is 4.99 Å². The molecule has 1 rings (SSSR count). The maximum atomic E-state index is 11.3. The number of Topliss-reactive ketones (excluding diaryl/α,β-unsaturated/α-hetero) is 1. The van der Waals surface area contributed by atoms with Crippen LogP contribution >= 0.6 is 0 Å². The van der Waals surface area contributed by atoms with Gasteiger partial charge in [0.1, 0.15) is 18.1 Å². The zero-order valence-corrected chi connectivity index (χ0v) is 12.8. The van der Waals surface area contributed by atoms with Gasteiger partial charge in [-0.3, -0.25) is 4.79 Å². The molecule has 0 heterocycles. The normalized spacial score (nSPS) is 11.3. The minimum Gasteiger partial charge on any atom is -0.486 e. The van der Waals surface area contributed by atoms with Crippen molar-refractivity contribution in [2.75, 3.05) is 6.61 Å². The topological polar surface area (TPSA) is 38.7 Å². The van der Waals surface area contributed by atoms with Gasteiger partial charge in [0.15, 0.2) is 5.78 Å². The number of nitrogens with zero attached hydrogens (tertiary/aromatic N) is 1. The van der Waals surface area contributed by atoms with Crippen LogP contribution in [0.4, 0.5) is 0 Å². The summed E-state index contributed by atoms with van der Waals surface area (Å²) in [6.07, 6.45) is 4.32. The van der Waals surface area contributed by atoms with E-state index in [4.69, 9.17) is 4.74 Å². The van der Waals surface area contributed by atoms with Gasteiger partial charge in [0, 0.05) is 17.7 Å². The molecular weight excluding hydrogens is 262 g/mol. The Hall–Kier alpha value is -2.38. The Bertz CT molecular complexity index is 605. The summed E-state index contributed by atoms with van der Waals surface area (Å²) < 4.78 is 5.47. The first kappa shape index (κ1) is 16.7. The molecule has 0 saturated carbocycles. The van der Waals surface area contributed by atoms with Crippen molar-refractivity contribution < 1.29 is 9.53 Å². The monoisotopic (exact) mass is 283 g/mol. The number of benzene rings is 1. The van der Waals surface area contributed by atoms with Crippen molar-refractivity contribution in [1.82, 2.24) is 0 Å². The number of rotatable bonds is 7. The lowest BCUT2D eigenvalue weighted by molar-refractivity contribution is -0.120. The molecule has 0 bridgehead atoms. The van der Waals surface area contributed by atoms with Gasteiger partial charge < -0.3 is 4.74 Å². The van der Waals surface area contributed by atoms with Crippen LogP contribution in [0.5, 0.6) is 5.75 Å². The average molecular weight is 283 g/mol. The number of ketones is 1. The smallest absolute Gasteiger partial charge is 0.169 e. The number of carbonyl (C=O) groups excluding carboxylic acids is 1. The van der Waals surface area contributed by atoms with Gasteiger partial charge in [-0.1, -0.05) is 31.7 Å². The quantitative estimate of drug-likeness (QED) is 0.555. The molecule has 1 aromatic rings. The van der Waals surface area contributed by atoms with Crippen molar-refractivity contribution in [2.45, 2.75) is 27.2 Å². The van der Waals surface area contributed by atoms with Gasteiger partial charge in [0.25, 0.3) is 0 Å². The highest BCUT2D eigenvalue weighted by Gasteiger charge is 2.04. The summed E-state index contributed by atoms with van der Waals surface area (Å²) in [6, 6.07) is 7.42. The highest BCUT2D eigenvalue weighted by Crippen LogP contribution is 2.21. The predicted octanol–water partition coefficient (Wildman–Crippen LogP) is 4.21. The van der Waals surface area contributed by atoms with E-state index >= 15 is 0 Å². The molecule has 0 saturated heterocycles. The predicted molar refractivity (Wildman–Crippen MR) is 87.7 cm³/mol. The molecule has 0 aromatic heterocycles. The van der Waals surface area contributed by atoms with Crippen LogP contribution in [-0.4, -0.2) is 18.1 Å². The molecule has 0 amide bonds. The van der Waals surface area contributed by atoms with Gasteiger partial charge in [-0.15, -0.1) is 5.73 Å². The van der Waals surface area contributed by atoms with E-state index in [1.165, 1.54) is 0 Å². The Morgan fingerprint density at radius 3 is 2.86 bits per heavy atom. The molecule has 0 aliphatic rings. The van der Waals surface area contributed by atoms with Crippen LogP contribution in [0.1, 0.15) is 32.8 Å². The van der Waals surface area contributed by atoms with Crippen molar-refractivity contribution in [3.63, 3.8) is 0 Å². The number of hydrogen-bond acceptors (Lipinski definition) is 3. The second-order valence-electron chi connectivity index (χ2n) is 4.49. The summed E-state index contributed by atoms with van der Waals surface area (Å²) in [4.78, 5) is 15.8. The first-order valence-electron chi connectivity index (χ1n) is 6.93. The fourth-order valence-corrected chi connectivity index (χ4v) is 1.66. The van der Waals surface area contributed by atoms with E-state index < -0.39 is 0 Å². The van der Waals surface area contributed by atoms with E-state index in [0.29, 0.717) is 17.9 Å². The van der Waals surface area contributed by atoms with Crippen molar-refractivity contribution in [3.8, 4) is 5.75 Å². The molecule has 21 heavy (non-hydrogen) atoms. The maximum absolute atomic E-state index is 11.3. The minimum atomic E-state index is 0.0711. The summed E-state index contributed by atoms with van der Waals surface area (Å²) in [5.74, 6) is 0.711. The van der Waals surface area contributed by atoms with Gasteiger partial charge in [0.05, 0.1) is 0 Å². The van der Waals surface area contributed by atoms with Crippen molar-refractivity contribution in [1.29, 1.82) is 0 Å². The zero-order chi connectivity index (χ0) is 15.7. The molecule has 0 N–H and O–H groups in total. The Morgan fingerprint density at radius 1 is 1.48 bits per heavy atom. The van der Waals surface area contributed by atoms with Crippen LogP contribution in [-0.2, 0) is 4.79 Å². The van der Waals surface area contributed by atoms with Crippen molar-refractivity contribution in [3.05, 3.63) is 54.3 Å². The van der Waals surface area contributed by atoms with E-state index in [9.17, 15) is 4.79 Å². The molecule has 110 valence electrons. The molecule has 3 heteroatoms. The molecular formula is C18H21NO2. The van der Waals surface area contributed by atoms with E-state index in [1.807, 2.05) is 57.2 Å². The SMILES string of the molecule is C=C=C(N=C(C)/C=C\C)c1cccc(OCC(=O)CC)c1. The summed E-state index contributed by atoms with van der Waals surface area (Å²) in [6.45, 7) is 9.44. The van der Waals surface area contributed by atoms with Gasteiger partial charge >= 0.3 is 0 Å². The molecule has 0 fully saturated rings. The second-order valence-corrected chi connectivity index (χ2v) is 4.49. The first-order valence-corrected chi connectivity index (χ1v) is 6.93. The average Bonchev–Trinajstić information content (AvgIpc) is 2.50. The lowest BCUT2D eigenvalue weighted by atomic mass is 10.1. The van der Waals surface area contributed by atoms with Crippen LogP contribution in [0, 0.1) is 0 Å². The third kappa shape index (κ3) is 5.64. The number of ether oxygens (including phenoxy) is 1. The van der Waals surface area contributed by atoms with Gasteiger partial charge in [-0.2, -0.15) is 0 Å². The molecule has 0 aliphatic carbocycles. The van der Waals surface area contributed by atoms with Crippen LogP contribution < -0.4 is 4.74 Å². The Morgan fingerprint density at radius 2 is 2.24 bits per heavy atom. The van der Waals surface area contributed by atoms with Gasteiger partial charge in [-0.05, 0) is 32.1 Å². The zero-order valence-electron chi connectivity index (χ0n) is 12.8. The Labute approximate surface area is 126 Å². The van der Waals surface area contributed by atoms with Crippen LogP contribution in [0.15, 0.2) is 53.7 Å². The Balaban J connectivity index is 2.95. The molecule has 0 aliphatic heterocycles. The number of allylic oxidation sites excluding steroid dienone is 2. The highest BCUT2D eigenvalue weighted by molar-refractivity contribution is 5.96. The number of carbonyl (C=O) groups is 1. The fraction of sp³-hybridized carbons (Fsp3) is 0.278. The molecule has 0 atom stereocenters. The molecule has 0 radical (unpaired) electrons. The maximum Gasteiger partial charge on any atom is 0.169 e. The van der Waals surface area contributed by atoms with Gasteiger partial charge in [0.2, 0.25) is 0 Å².